The third-order valence-corrected chi connectivity index (χ3v) is 6.28. The van der Waals surface area contributed by atoms with Crippen molar-refractivity contribution >= 4 is 22.0 Å². The molecule has 0 aliphatic carbocycles. The van der Waals surface area contributed by atoms with Crippen LogP contribution in [0.3, 0.4) is 0 Å². The van der Waals surface area contributed by atoms with Gasteiger partial charge in [-0.2, -0.15) is 4.31 Å². The van der Waals surface area contributed by atoms with E-state index in [4.69, 9.17) is 4.74 Å². The molecule has 0 saturated carbocycles. The first kappa shape index (κ1) is 17.8. The lowest BCUT2D eigenvalue weighted by Crippen LogP contribution is -3.15. The van der Waals surface area contributed by atoms with E-state index in [1.165, 1.54) is 22.5 Å². The van der Waals surface area contributed by atoms with E-state index in [1.54, 1.807) is 0 Å². The molecule has 2 aliphatic heterocycles. The lowest BCUT2D eigenvalue weighted by Gasteiger charge is -2.31. The van der Waals surface area contributed by atoms with E-state index in [0.29, 0.717) is 13.1 Å². The monoisotopic (exact) mass is 372 g/mol. The molecule has 1 aromatic rings. The Morgan fingerprint density at radius 3 is 2.48 bits per heavy atom. The number of amides is 2. The standard InChI is InChI=1S/C15H18FN3O5S/c16-12-3-1-2-4-13(12)25(22,23)18-7-5-17(6-8-18)11-14(20)19-9-10-24-15(19)21/h1-4H,5-11H2/p+1. The topological polar surface area (TPSA) is 88.4 Å². The highest BCUT2D eigenvalue weighted by atomic mass is 32.2. The molecule has 3 rings (SSSR count). The number of hydrogen-bond donors (Lipinski definition) is 1. The van der Waals surface area contributed by atoms with Crippen LogP contribution in [0.5, 0.6) is 0 Å². The predicted molar refractivity (Wildman–Crippen MR) is 83.8 cm³/mol. The molecule has 0 bridgehead atoms. The zero-order chi connectivity index (χ0) is 18.0. The zero-order valence-corrected chi connectivity index (χ0v) is 14.3. The number of carbonyl (C=O) groups is 2. The van der Waals surface area contributed by atoms with Crippen molar-refractivity contribution in [2.24, 2.45) is 0 Å². The van der Waals surface area contributed by atoms with Crippen LogP contribution in [0.2, 0.25) is 0 Å². The minimum Gasteiger partial charge on any atom is -0.447 e. The summed E-state index contributed by atoms with van der Waals surface area (Å²) in [5.41, 5.74) is 0. The fraction of sp³-hybridized carbons (Fsp3) is 0.467. The number of quaternary nitrogens is 1. The summed E-state index contributed by atoms with van der Waals surface area (Å²) in [5.74, 6) is -1.11. The quantitative estimate of drug-likeness (QED) is 0.709. The van der Waals surface area contributed by atoms with E-state index in [-0.39, 0.29) is 43.6 Å². The first-order valence-electron chi connectivity index (χ1n) is 7.95. The van der Waals surface area contributed by atoms with Gasteiger partial charge in [0.05, 0.1) is 32.7 Å². The van der Waals surface area contributed by atoms with Gasteiger partial charge in [-0.15, -0.1) is 0 Å². The number of ether oxygens (including phenoxy) is 1. The number of halogens is 1. The van der Waals surface area contributed by atoms with Gasteiger partial charge in [0.1, 0.15) is 17.3 Å². The molecule has 2 aliphatic rings. The highest BCUT2D eigenvalue weighted by Gasteiger charge is 2.35. The molecule has 0 spiro atoms. The van der Waals surface area contributed by atoms with Gasteiger partial charge in [-0.05, 0) is 12.1 Å². The van der Waals surface area contributed by atoms with Gasteiger partial charge in [0.15, 0.2) is 6.54 Å². The number of piperazine rings is 1. The highest BCUT2D eigenvalue weighted by molar-refractivity contribution is 7.89. The van der Waals surface area contributed by atoms with Crippen LogP contribution in [0, 0.1) is 5.82 Å². The van der Waals surface area contributed by atoms with E-state index >= 15 is 0 Å². The number of rotatable bonds is 4. The average Bonchev–Trinajstić information content (AvgIpc) is 3.02. The summed E-state index contributed by atoms with van der Waals surface area (Å²) in [7, 11) is -3.89. The average molecular weight is 372 g/mol. The highest BCUT2D eigenvalue weighted by Crippen LogP contribution is 2.18. The van der Waals surface area contributed by atoms with Gasteiger partial charge in [0, 0.05) is 0 Å². The first-order chi connectivity index (χ1) is 11.9. The van der Waals surface area contributed by atoms with Crippen LogP contribution in [0.4, 0.5) is 9.18 Å². The summed E-state index contributed by atoms with van der Waals surface area (Å²) < 4.78 is 44.8. The van der Waals surface area contributed by atoms with Crippen molar-refractivity contribution in [3.63, 3.8) is 0 Å². The van der Waals surface area contributed by atoms with Crippen molar-refractivity contribution in [3.05, 3.63) is 30.1 Å². The molecular weight excluding hydrogens is 353 g/mol. The van der Waals surface area contributed by atoms with E-state index in [2.05, 4.69) is 0 Å². The molecule has 1 N–H and O–H groups in total. The van der Waals surface area contributed by atoms with E-state index in [1.807, 2.05) is 0 Å². The smallest absolute Gasteiger partial charge is 0.416 e. The Morgan fingerprint density at radius 2 is 1.88 bits per heavy atom. The molecule has 136 valence electrons. The summed E-state index contributed by atoms with van der Waals surface area (Å²) >= 11 is 0. The second-order valence-corrected chi connectivity index (χ2v) is 7.83. The normalized spacial score (nSPS) is 19.9. The van der Waals surface area contributed by atoms with Crippen molar-refractivity contribution in [3.8, 4) is 0 Å². The maximum atomic E-state index is 13.8. The van der Waals surface area contributed by atoms with Gasteiger partial charge >= 0.3 is 6.09 Å². The third kappa shape index (κ3) is 3.65. The Bertz CT molecular complexity index is 777. The zero-order valence-electron chi connectivity index (χ0n) is 13.5. The maximum absolute atomic E-state index is 13.8. The summed E-state index contributed by atoms with van der Waals surface area (Å²) in [5, 5.41) is 0. The van der Waals surface area contributed by atoms with Gasteiger partial charge in [-0.1, -0.05) is 12.1 Å². The molecule has 0 radical (unpaired) electrons. The Morgan fingerprint density at radius 1 is 1.20 bits per heavy atom. The van der Waals surface area contributed by atoms with Crippen LogP contribution in [-0.2, 0) is 19.6 Å². The van der Waals surface area contributed by atoms with Gasteiger partial charge in [0.2, 0.25) is 10.0 Å². The molecule has 2 heterocycles. The van der Waals surface area contributed by atoms with Crippen LogP contribution >= 0.6 is 0 Å². The van der Waals surface area contributed by atoms with Crippen molar-refractivity contribution in [1.82, 2.24) is 9.21 Å². The number of nitrogens with zero attached hydrogens (tertiary/aromatic N) is 2. The Hall–Kier alpha value is -2.04. The van der Waals surface area contributed by atoms with Gasteiger partial charge in [-0.3, -0.25) is 4.79 Å². The van der Waals surface area contributed by atoms with E-state index in [9.17, 15) is 22.4 Å². The number of nitrogens with one attached hydrogen (secondary N) is 1. The number of cyclic esters (lactones) is 1. The number of sulfonamides is 1. The van der Waals surface area contributed by atoms with Crippen LogP contribution in [0.25, 0.3) is 0 Å². The second kappa shape index (κ2) is 7.06. The largest absolute Gasteiger partial charge is 0.447 e. The molecule has 25 heavy (non-hydrogen) atoms. The summed E-state index contributed by atoms with van der Waals surface area (Å²) in [4.78, 5) is 25.1. The second-order valence-electron chi connectivity index (χ2n) is 5.92. The predicted octanol–water partition coefficient (Wildman–Crippen LogP) is -1.31. The lowest BCUT2D eigenvalue weighted by atomic mass is 10.3. The van der Waals surface area contributed by atoms with E-state index in [0.717, 1.165) is 15.9 Å². The van der Waals surface area contributed by atoms with Crippen molar-refractivity contribution in [2.75, 3.05) is 45.9 Å². The molecule has 8 nitrogen and oxygen atoms in total. The molecule has 10 heteroatoms. The summed E-state index contributed by atoms with van der Waals surface area (Å²) in [6.07, 6.45) is -0.634. The molecule has 0 aromatic heterocycles. The number of imide groups is 1. The van der Waals surface area contributed by atoms with Crippen LogP contribution in [-0.4, -0.2) is 75.5 Å². The third-order valence-electron chi connectivity index (χ3n) is 4.35. The molecule has 0 atom stereocenters. The molecule has 2 amide bonds. The first-order valence-corrected chi connectivity index (χ1v) is 9.39. The van der Waals surface area contributed by atoms with Crippen LogP contribution < -0.4 is 4.90 Å². The van der Waals surface area contributed by atoms with E-state index < -0.39 is 21.9 Å². The lowest BCUT2D eigenvalue weighted by molar-refractivity contribution is -0.895. The minimum atomic E-state index is -3.89. The molecule has 1 aromatic carbocycles. The van der Waals surface area contributed by atoms with Crippen molar-refractivity contribution in [2.45, 2.75) is 4.90 Å². The summed E-state index contributed by atoms with van der Waals surface area (Å²) in [6, 6.07) is 5.27. The van der Waals surface area contributed by atoms with Crippen LogP contribution in [0.1, 0.15) is 0 Å². The van der Waals surface area contributed by atoms with Crippen molar-refractivity contribution in [1.29, 1.82) is 0 Å². The number of benzene rings is 1. The SMILES string of the molecule is O=C(C[NH+]1CCN(S(=O)(=O)c2ccccc2F)CC1)N1CCOC1=O. The van der Waals surface area contributed by atoms with Crippen LogP contribution in [0.15, 0.2) is 29.2 Å². The fourth-order valence-corrected chi connectivity index (χ4v) is 4.45. The Labute approximate surface area is 144 Å². The Kier molecular flexibility index (Phi) is 5.02. The van der Waals surface area contributed by atoms with Crippen molar-refractivity contribution < 1.29 is 32.0 Å². The fourth-order valence-electron chi connectivity index (χ4n) is 2.94. The van der Waals surface area contributed by atoms with Gasteiger partial charge in [0.25, 0.3) is 5.91 Å². The number of hydrogen-bond acceptors (Lipinski definition) is 5. The minimum absolute atomic E-state index is 0.0999. The maximum Gasteiger partial charge on any atom is 0.416 e. The molecular formula is C15H19FN3O5S+. The number of carbonyl (C=O) groups excluding carboxylic acids is 2. The Balaban J connectivity index is 1.59. The molecule has 0 unspecified atom stereocenters. The molecule has 2 fully saturated rings. The summed E-state index contributed by atoms with van der Waals surface area (Å²) in [6.45, 7) is 1.73. The van der Waals surface area contributed by atoms with Gasteiger partial charge in [-0.25, -0.2) is 22.5 Å². The van der Waals surface area contributed by atoms with Gasteiger partial charge < -0.3 is 9.64 Å². The molecule has 2 saturated heterocycles.